The number of hydrogen-bond acceptors (Lipinski definition) is 5. The molecule has 17 heavy (non-hydrogen) atoms. The lowest BCUT2D eigenvalue weighted by molar-refractivity contribution is -0.159. The largest absolute Gasteiger partial charge is 0.480 e. The van der Waals surface area contributed by atoms with E-state index in [1.54, 1.807) is 6.92 Å². The van der Waals surface area contributed by atoms with Crippen molar-refractivity contribution < 1.29 is 24.2 Å². The number of hydrogen-bond donors (Lipinski definition) is 1. The number of thioether (sulfide) groups is 1. The highest BCUT2D eigenvalue weighted by atomic mass is 32.2. The third kappa shape index (κ3) is 1.88. The average molecular weight is 259 g/mol. The molecule has 2 aliphatic heterocycles. The van der Waals surface area contributed by atoms with Crippen molar-refractivity contribution in [3.05, 3.63) is 0 Å². The minimum absolute atomic E-state index is 0.00421. The Bertz CT molecular complexity index is 398. The molecule has 1 amide bonds. The van der Waals surface area contributed by atoms with Crippen LogP contribution in [0.25, 0.3) is 0 Å². The summed E-state index contributed by atoms with van der Waals surface area (Å²) in [7, 11) is 0. The number of amides is 1. The first-order valence-electron chi connectivity index (χ1n) is 5.20. The zero-order chi connectivity index (χ0) is 12.8. The second-order valence-corrected chi connectivity index (χ2v) is 6.12. The summed E-state index contributed by atoms with van der Waals surface area (Å²) >= 11 is 1.39. The molecule has 2 aliphatic rings. The molecule has 1 unspecified atom stereocenters. The van der Waals surface area contributed by atoms with Crippen LogP contribution >= 0.6 is 11.8 Å². The lowest BCUT2D eigenvalue weighted by atomic mass is 9.97. The van der Waals surface area contributed by atoms with Crippen molar-refractivity contribution in [2.75, 3.05) is 6.61 Å². The van der Waals surface area contributed by atoms with E-state index < -0.39 is 22.7 Å². The first kappa shape index (κ1) is 12.2. The Labute approximate surface area is 102 Å². The molecule has 2 heterocycles. The van der Waals surface area contributed by atoms with Crippen LogP contribution < -0.4 is 0 Å². The van der Waals surface area contributed by atoms with Crippen molar-refractivity contribution in [3.63, 3.8) is 0 Å². The summed E-state index contributed by atoms with van der Waals surface area (Å²) in [5, 5.41) is 9.11. The third-order valence-electron chi connectivity index (χ3n) is 3.01. The van der Waals surface area contributed by atoms with Gasteiger partial charge in [-0.3, -0.25) is 9.59 Å². The molecule has 94 valence electrons. The minimum atomic E-state index is -1.05. The number of nitrogens with zero attached hydrogens (tertiary/aromatic N) is 1. The molecular formula is C10H13NO5S. The fourth-order valence-electron chi connectivity index (χ4n) is 2.22. The second kappa shape index (κ2) is 3.90. The topological polar surface area (TPSA) is 83.9 Å². The van der Waals surface area contributed by atoms with Crippen molar-refractivity contribution in [2.24, 2.45) is 0 Å². The molecule has 3 atom stereocenters. The highest BCUT2D eigenvalue weighted by Gasteiger charge is 2.61. The predicted molar refractivity (Wildman–Crippen MR) is 59.3 cm³/mol. The molecule has 2 rings (SSSR count). The van der Waals surface area contributed by atoms with Crippen LogP contribution in [0.1, 0.15) is 20.3 Å². The number of carboxylic acid groups (broad SMARTS) is 1. The maximum atomic E-state index is 11.4. The van der Waals surface area contributed by atoms with Gasteiger partial charge in [-0.2, -0.15) is 0 Å². The maximum absolute atomic E-state index is 11.4. The smallest absolute Gasteiger partial charge is 0.328 e. The Morgan fingerprint density at radius 3 is 2.76 bits per heavy atom. The Hall–Kier alpha value is -1.24. The van der Waals surface area contributed by atoms with Crippen LogP contribution in [0.15, 0.2) is 0 Å². The SMILES string of the molecule is CC(=O)OC[C@]1(C)S[C@@H]2CC(=O)N2C1C(=O)O. The molecule has 1 N–H and O–H groups in total. The van der Waals surface area contributed by atoms with E-state index in [2.05, 4.69) is 0 Å². The van der Waals surface area contributed by atoms with Crippen LogP contribution in [0.4, 0.5) is 0 Å². The molecule has 2 fully saturated rings. The van der Waals surface area contributed by atoms with E-state index in [0.717, 1.165) is 0 Å². The van der Waals surface area contributed by atoms with Crippen molar-refractivity contribution in [3.8, 4) is 0 Å². The summed E-state index contributed by atoms with van der Waals surface area (Å²) in [6, 6.07) is -0.918. The van der Waals surface area contributed by atoms with Gasteiger partial charge in [-0.25, -0.2) is 4.79 Å². The van der Waals surface area contributed by atoms with Gasteiger partial charge >= 0.3 is 11.9 Å². The van der Waals surface area contributed by atoms with Crippen LogP contribution in [0.2, 0.25) is 0 Å². The molecule has 0 aromatic carbocycles. The number of aliphatic carboxylic acids is 1. The van der Waals surface area contributed by atoms with Gasteiger partial charge in [-0.05, 0) is 6.92 Å². The molecule has 0 aromatic heterocycles. The Morgan fingerprint density at radius 2 is 2.29 bits per heavy atom. The molecule has 0 saturated carbocycles. The molecule has 7 heteroatoms. The van der Waals surface area contributed by atoms with E-state index in [0.29, 0.717) is 6.42 Å². The molecule has 0 spiro atoms. The molecule has 0 aromatic rings. The summed E-state index contributed by atoms with van der Waals surface area (Å²) in [6.07, 6.45) is 0.365. The van der Waals surface area contributed by atoms with Gasteiger partial charge in [0.15, 0.2) is 0 Å². The number of carbonyl (C=O) groups excluding carboxylic acids is 2. The lowest BCUT2D eigenvalue weighted by Crippen LogP contribution is -2.58. The Morgan fingerprint density at radius 1 is 1.65 bits per heavy atom. The quantitative estimate of drug-likeness (QED) is 0.570. The number of rotatable bonds is 3. The maximum Gasteiger partial charge on any atom is 0.328 e. The van der Waals surface area contributed by atoms with Crippen LogP contribution in [0.3, 0.4) is 0 Å². The van der Waals surface area contributed by atoms with Gasteiger partial charge in [0.2, 0.25) is 5.91 Å². The number of carbonyl (C=O) groups is 3. The zero-order valence-electron chi connectivity index (χ0n) is 9.50. The van der Waals surface area contributed by atoms with E-state index in [4.69, 9.17) is 4.74 Å². The van der Waals surface area contributed by atoms with Gasteiger partial charge in [0.1, 0.15) is 12.6 Å². The highest BCUT2D eigenvalue weighted by molar-refractivity contribution is 8.01. The predicted octanol–water partition coefficient (Wildman–Crippen LogP) is 0.0666. The molecule has 0 bridgehead atoms. The summed E-state index contributed by atoms with van der Waals surface area (Å²) in [5.74, 6) is -1.65. The average Bonchev–Trinajstić information content (AvgIpc) is 2.45. The van der Waals surface area contributed by atoms with Crippen LogP contribution in [-0.2, 0) is 19.1 Å². The van der Waals surface area contributed by atoms with Gasteiger partial charge in [0.25, 0.3) is 0 Å². The minimum Gasteiger partial charge on any atom is -0.480 e. The van der Waals surface area contributed by atoms with Crippen molar-refractivity contribution in [1.82, 2.24) is 4.90 Å². The standard InChI is InChI=1S/C10H13NO5S/c1-5(12)16-4-10(2)8(9(14)15)11-6(13)3-7(11)17-10/h7-8H,3-4H2,1-2H3,(H,14,15)/t7-,8?,10+/m1/s1. The van der Waals surface area contributed by atoms with E-state index in [1.807, 2.05) is 0 Å². The van der Waals surface area contributed by atoms with E-state index in [1.165, 1.54) is 23.6 Å². The summed E-state index contributed by atoms with van der Waals surface area (Å²) in [6.45, 7) is 2.99. The molecule has 0 aliphatic carbocycles. The highest BCUT2D eigenvalue weighted by Crippen LogP contribution is 2.50. The van der Waals surface area contributed by atoms with Crippen LogP contribution in [0, 0.1) is 0 Å². The van der Waals surface area contributed by atoms with Gasteiger partial charge in [0.05, 0.1) is 16.5 Å². The van der Waals surface area contributed by atoms with E-state index in [9.17, 15) is 19.5 Å². The fourth-order valence-corrected chi connectivity index (χ4v) is 3.89. The molecule has 0 radical (unpaired) electrons. The van der Waals surface area contributed by atoms with E-state index in [-0.39, 0.29) is 17.9 Å². The van der Waals surface area contributed by atoms with Gasteiger partial charge < -0.3 is 14.7 Å². The summed E-state index contributed by atoms with van der Waals surface area (Å²) in [5.41, 5.74) is 0. The fraction of sp³-hybridized carbons (Fsp3) is 0.700. The monoisotopic (exact) mass is 259 g/mol. The first-order valence-corrected chi connectivity index (χ1v) is 6.08. The van der Waals surface area contributed by atoms with Crippen molar-refractivity contribution >= 4 is 29.6 Å². The first-order chi connectivity index (χ1) is 7.85. The normalized spacial score (nSPS) is 35.2. The third-order valence-corrected chi connectivity index (χ3v) is 4.55. The zero-order valence-corrected chi connectivity index (χ0v) is 10.3. The van der Waals surface area contributed by atoms with Crippen molar-refractivity contribution in [1.29, 1.82) is 0 Å². The number of fused-ring (bicyclic) bond motifs is 1. The van der Waals surface area contributed by atoms with E-state index >= 15 is 0 Å². The van der Waals surface area contributed by atoms with Crippen LogP contribution in [0.5, 0.6) is 0 Å². The van der Waals surface area contributed by atoms with Gasteiger partial charge in [0, 0.05) is 6.92 Å². The number of β-lactam (4-membered cyclic amide) rings is 1. The van der Waals surface area contributed by atoms with Gasteiger partial charge in [-0.15, -0.1) is 11.8 Å². The number of esters is 1. The summed E-state index contributed by atoms with van der Waals surface area (Å²) < 4.78 is 4.14. The number of carboxylic acids is 1. The van der Waals surface area contributed by atoms with Gasteiger partial charge in [-0.1, -0.05) is 0 Å². The van der Waals surface area contributed by atoms with Crippen molar-refractivity contribution in [2.45, 2.75) is 36.4 Å². The molecule has 2 saturated heterocycles. The Kier molecular flexibility index (Phi) is 2.81. The molecule has 6 nitrogen and oxygen atoms in total. The number of ether oxygens (including phenoxy) is 1. The summed E-state index contributed by atoms with van der Waals surface area (Å²) in [4.78, 5) is 34.8. The molecular weight excluding hydrogens is 246 g/mol. The Balaban J connectivity index is 2.18. The lowest BCUT2D eigenvalue weighted by Gasteiger charge is -2.36. The second-order valence-electron chi connectivity index (χ2n) is 4.41. The van der Waals surface area contributed by atoms with Crippen LogP contribution in [-0.4, -0.2) is 50.6 Å².